The van der Waals surface area contributed by atoms with Crippen LogP contribution < -0.4 is 14.5 Å². The van der Waals surface area contributed by atoms with Crippen molar-refractivity contribution in [2.45, 2.75) is 19.4 Å². The molecule has 1 aromatic heterocycles. The Morgan fingerprint density at radius 3 is 2.45 bits per heavy atom. The van der Waals surface area contributed by atoms with Crippen LogP contribution in [0.3, 0.4) is 0 Å². The minimum Gasteiger partial charge on any atom is -0.512 e. The topological polar surface area (TPSA) is 35.3 Å². The summed E-state index contributed by atoms with van der Waals surface area (Å²) in [4.78, 5) is 8.40. The molecule has 4 aromatic carbocycles. The number of benzene rings is 4. The van der Waals surface area contributed by atoms with Crippen molar-refractivity contribution in [3.8, 4) is 11.5 Å². The summed E-state index contributed by atoms with van der Waals surface area (Å²) in [6.45, 7) is 8.59. The van der Waals surface area contributed by atoms with E-state index in [9.17, 15) is 0 Å². The average molecular weight is 708 g/mol. The summed E-state index contributed by atoms with van der Waals surface area (Å²) in [5.74, 6) is 1.10. The first kappa shape index (κ1) is 26.5. The molecule has 6 nitrogen and oxygen atoms in total. The summed E-state index contributed by atoms with van der Waals surface area (Å²) in [5.41, 5.74) is 5.42. The van der Waals surface area contributed by atoms with Gasteiger partial charge in [-0.25, -0.2) is 0 Å². The molecular weight excluding hydrogens is 679 g/mol. The van der Waals surface area contributed by atoms with Crippen LogP contribution in [0.4, 0.5) is 17.1 Å². The molecule has 0 spiro atoms. The monoisotopic (exact) mass is 707 g/mol. The zero-order chi connectivity index (χ0) is 26.7. The van der Waals surface area contributed by atoms with Crippen LogP contribution in [0.25, 0.3) is 21.9 Å². The third kappa shape index (κ3) is 4.36. The standard InChI is InChI=1S/C33H28N4O2.Pt/c1-33(2)28-13-6-7-14-29(28)37(22-35(33)4)24-19-27-26-12-5-8-15-30(26)39-32(27)31(20-24)38-25-11-9-10-23(18-25)36-17-16-34(3)21-36;/h5-17,19,21-22H,1-4H3;/q-4;+4. The summed E-state index contributed by atoms with van der Waals surface area (Å²) in [6.07, 6.45) is 3.98. The van der Waals surface area contributed by atoms with Crippen molar-refractivity contribution in [1.29, 1.82) is 0 Å². The Bertz CT molecular complexity index is 1740. The number of fused-ring (bicyclic) bond motifs is 4. The SMILES string of the molecule is CN1C=CN(c2[c-]c(Oc3[c-]c(N4[CH-]N(C)C(C)(C)c5ccccc54)cc4c3oc3ccccc34)ccc2)[CH-]1.[Pt+4]. The fraction of sp³-hybridized carbons (Fsp3) is 0.152. The number of hydrogen-bond acceptors (Lipinski definition) is 6. The van der Waals surface area contributed by atoms with Crippen molar-refractivity contribution in [3.05, 3.63) is 116 Å². The molecule has 2 aliphatic heterocycles. The summed E-state index contributed by atoms with van der Waals surface area (Å²) in [6, 6.07) is 31.5. The quantitative estimate of drug-likeness (QED) is 0.178. The summed E-state index contributed by atoms with van der Waals surface area (Å²) in [7, 11) is 4.10. The van der Waals surface area contributed by atoms with Gasteiger partial charge in [0, 0.05) is 22.4 Å². The maximum atomic E-state index is 6.50. The Balaban J connectivity index is 0.00000289. The summed E-state index contributed by atoms with van der Waals surface area (Å²) >= 11 is 0. The van der Waals surface area contributed by atoms with Crippen LogP contribution in [0.5, 0.6) is 11.5 Å². The van der Waals surface area contributed by atoms with Crippen LogP contribution in [0.2, 0.25) is 0 Å². The molecule has 0 unspecified atom stereocenters. The van der Waals surface area contributed by atoms with E-state index in [1.807, 2.05) is 72.3 Å². The van der Waals surface area contributed by atoms with E-state index < -0.39 is 0 Å². The van der Waals surface area contributed by atoms with Crippen molar-refractivity contribution in [2.75, 3.05) is 23.9 Å². The van der Waals surface area contributed by atoms with Gasteiger partial charge in [-0.15, -0.1) is 41.7 Å². The van der Waals surface area contributed by atoms with Gasteiger partial charge in [-0.05, 0) is 58.0 Å². The van der Waals surface area contributed by atoms with E-state index in [0.717, 1.165) is 33.4 Å². The van der Waals surface area contributed by atoms with Crippen molar-refractivity contribution in [3.63, 3.8) is 0 Å². The van der Waals surface area contributed by atoms with Gasteiger partial charge in [0.15, 0.2) is 0 Å². The maximum absolute atomic E-state index is 6.50. The van der Waals surface area contributed by atoms with Crippen LogP contribution in [0.15, 0.2) is 89.6 Å². The van der Waals surface area contributed by atoms with Crippen molar-refractivity contribution in [2.24, 2.45) is 0 Å². The molecule has 0 saturated carbocycles. The number of nitrogens with zero attached hydrogens (tertiary/aromatic N) is 4. The molecule has 0 bridgehead atoms. The predicted octanol–water partition coefficient (Wildman–Crippen LogP) is 7.76. The number of anilines is 3. The van der Waals surface area contributed by atoms with E-state index in [4.69, 9.17) is 9.15 Å². The second-order valence-electron chi connectivity index (χ2n) is 10.5. The summed E-state index contributed by atoms with van der Waals surface area (Å²) in [5, 5.41) is 2.01. The molecule has 202 valence electrons. The Kier molecular flexibility index (Phi) is 6.64. The second kappa shape index (κ2) is 10.0. The number of rotatable bonds is 4. The van der Waals surface area contributed by atoms with Crippen LogP contribution in [0, 0.1) is 25.5 Å². The molecule has 40 heavy (non-hydrogen) atoms. The fourth-order valence-corrected chi connectivity index (χ4v) is 5.24. The van der Waals surface area contributed by atoms with Crippen LogP contribution in [0.1, 0.15) is 19.4 Å². The Morgan fingerprint density at radius 1 is 0.825 bits per heavy atom. The van der Waals surface area contributed by atoms with Gasteiger partial charge in [-0.3, -0.25) is 0 Å². The van der Waals surface area contributed by atoms with Gasteiger partial charge in [0.25, 0.3) is 0 Å². The van der Waals surface area contributed by atoms with Crippen molar-refractivity contribution >= 4 is 39.0 Å². The van der Waals surface area contributed by atoms with E-state index in [1.54, 1.807) is 0 Å². The van der Waals surface area contributed by atoms with Gasteiger partial charge in [-0.1, -0.05) is 41.8 Å². The normalized spacial score (nSPS) is 16.4. The minimum atomic E-state index is -0.149. The van der Waals surface area contributed by atoms with E-state index in [1.165, 1.54) is 5.56 Å². The Labute approximate surface area is 249 Å². The molecule has 0 radical (unpaired) electrons. The average Bonchev–Trinajstić information content (AvgIpc) is 3.55. The Morgan fingerprint density at radius 2 is 1.62 bits per heavy atom. The van der Waals surface area contributed by atoms with Crippen molar-refractivity contribution in [1.82, 2.24) is 9.80 Å². The second-order valence-corrected chi connectivity index (χ2v) is 10.5. The van der Waals surface area contributed by atoms with E-state index in [-0.39, 0.29) is 26.6 Å². The summed E-state index contributed by atoms with van der Waals surface area (Å²) < 4.78 is 12.8. The largest absolute Gasteiger partial charge is 4.00 e. The number of furan rings is 1. The van der Waals surface area contributed by atoms with Gasteiger partial charge in [0.2, 0.25) is 0 Å². The zero-order valence-corrected chi connectivity index (χ0v) is 24.9. The third-order valence-electron chi connectivity index (χ3n) is 7.63. The number of para-hydroxylation sites is 2. The van der Waals surface area contributed by atoms with Crippen molar-refractivity contribution < 1.29 is 30.2 Å². The molecule has 3 heterocycles. The minimum absolute atomic E-state index is 0. The molecular formula is C33H28N4O2Pt. The van der Waals surface area contributed by atoms with Gasteiger partial charge in [0.05, 0.1) is 11.3 Å². The molecule has 2 aliphatic rings. The first-order valence-electron chi connectivity index (χ1n) is 13.0. The first-order valence-corrected chi connectivity index (χ1v) is 13.0. The molecule has 0 aliphatic carbocycles. The van der Waals surface area contributed by atoms with Gasteiger partial charge in [-0.2, -0.15) is 19.4 Å². The van der Waals surface area contributed by atoms with Gasteiger partial charge in [0.1, 0.15) is 5.58 Å². The van der Waals surface area contributed by atoms with E-state index in [2.05, 4.69) is 85.9 Å². The molecule has 7 rings (SSSR count). The molecule has 7 heteroatoms. The predicted molar refractivity (Wildman–Crippen MR) is 155 cm³/mol. The van der Waals surface area contributed by atoms with Gasteiger partial charge < -0.3 is 28.8 Å². The maximum Gasteiger partial charge on any atom is 4.00 e. The van der Waals surface area contributed by atoms with Crippen LogP contribution in [-0.4, -0.2) is 23.9 Å². The van der Waals surface area contributed by atoms with Crippen LogP contribution >= 0.6 is 0 Å². The third-order valence-corrected chi connectivity index (χ3v) is 7.63. The molecule has 0 saturated heterocycles. The smallest absolute Gasteiger partial charge is 0.512 e. The zero-order valence-electron chi connectivity index (χ0n) is 22.7. The fourth-order valence-electron chi connectivity index (χ4n) is 5.24. The Hall–Kier alpha value is -3.73. The molecule has 5 aromatic rings. The van der Waals surface area contributed by atoms with Gasteiger partial charge >= 0.3 is 21.1 Å². The molecule has 0 amide bonds. The number of ether oxygens (including phenoxy) is 1. The van der Waals surface area contributed by atoms with Crippen LogP contribution in [-0.2, 0) is 26.6 Å². The first-order chi connectivity index (χ1) is 18.9. The molecule has 0 fully saturated rings. The molecule has 0 N–H and O–H groups in total. The molecule has 0 atom stereocenters. The van der Waals surface area contributed by atoms with E-state index in [0.29, 0.717) is 17.1 Å². The number of hydrogen-bond donors (Lipinski definition) is 0. The van der Waals surface area contributed by atoms with E-state index >= 15 is 0 Å².